The highest BCUT2D eigenvalue weighted by Gasteiger charge is 2.09. The van der Waals surface area contributed by atoms with Gasteiger partial charge in [-0.25, -0.2) is 0 Å². The third-order valence-electron chi connectivity index (χ3n) is 3.49. The van der Waals surface area contributed by atoms with E-state index in [4.69, 9.17) is 0 Å². The summed E-state index contributed by atoms with van der Waals surface area (Å²) in [6.07, 6.45) is 0. The molecular weight excluding hydrogens is 328 g/mol. The van der Waals surface area contributed by atoms with E-state index in [0.29, 0.717) is 0 Å². The summed E-state index contributed by atoms with van der Waals surface area (Å²) >= 11 is 1.87. The van der Waals surface area contributed by atoms with E-state index in [1.54, 1.807) is 0 Å². The summed E-state index contributed by atoms with van der Waals surface area (Å²) in [6, 6.07) is 25.9. The van der Waals surface area contributed by atoms with E-state index in [0.717, 1.165) is 0 Å². The number of benzene rings is 3. The summed E-state index contributed by atoms with van der Waals surface area (Å²) in [5.74, 6) is 0. The fourth-order valence-electron chi connectivity index (χ4n) is 2.63. The molecule has 4 rings (SSSR count). The van der Waals surface area contributed by atoms with Gasteiger partial charge in [0.1, 0.15) is 0 Å². The molecular formula is C18H13BrS. The second-order valence-corrected chi connectivity index (χ2v) is 5.73. The highest BCUT2D eigenvalue weighted by Crippen LogP contribution is 2.39. The third kappa shape index (κ3) is 2.05. The van der Waals surface area contributed by atoms with Crippen molar-refractivity contribution in [2.24, 2.45) is 0 Å². The van der Waals surface area contributed by atoms with Crippen molar-refractivity contribution in [1.29, 1.82) is 0 Å². The van der Waals surface area contributed by atoms with Gasteiger partial charge in [0.15, 0.2) is 0 Å². The first-order valence-electron chi connectivity index (χ1n) is 6.39. The standard InChI is InChI=1S/C18H12S.BrH/c1-2-7-13(8-3-1)14-10-6-12-17-18(14)15-9-4-5-11-16(15)19-17;/h1-12H;1H. The van der Waals surface area contributed by atoms with Gasteiger partial charge in [-0.05, 0) is 23.3 Å². The van der Waals surface area contributed by atoms with Gasteiger partial charge in [0, 0.05) is 20.2 Å². The second kappa shape index (κ2) is 5.39. The lowest BCUT2D eigenvalue weighted by molar-refractivity contribution is 1.67. The van der Waals surface area contributed by atoms with Crippen LogP contribution in [0.5, 0.6) is 0 Å². The minimum Gasteiger partial charge on any atom is -0.135 e. The first-order valence-corrected chi connectivity index (χ1v) is 7.21. The van der Waals surface area contributed by atoms with E-state index in [1.807, 2.05) is 11.3 Å². The van der Waals surface area contributed by atoms with Crippen LogP contribution in [0.3, 0.4) is 0 Å². The molecule has 0 fully saturated rings. The molecule has 98 valence electrons. The van der Waals surface area contributed by atoms with Crippen molar-refractivity contribution in [3.05, 3.63) is 72.8 Å². The van der Waals surface area contributed by atoms with Gasteiger partial charge in [-0.3, -0.25) is 0 Å². The largest absolute Gasteiger partial charge is 0.135 e. The molecule has 0 amide bonds. The van der Waals surface area contributed by atoms with E-state index >= 15 is 0 Å². The smallest absolute Gasteiger partial charge is 0.0361 e. The summed E-state index contributed by atoms with van der Waals surface area (Å²) in [7, 11) is 0. The number of hydrogen-bond acceptors (Lipinski definition) is 1. The molecule has 2 heteroatoms. The van der Waals surface area contributed by atoms with Crippen molar-refractivity contribution in [1.82, 2.24) is 0 Å². The Morgan fingerprint density at radius 1 is 0.600 bits per heavy atom. The van der Waals surface area contributed by atoms with Gasteiger partial charge < -0.3 is 0 Å². The lowest BCUT2D eigenvalue weighted by Crippen LogP contribution is -1.78. The monoisotopic (exact) mass is 340 g/mol. The Morgan fingerprint density at radius 2 is 1.30 bits per heavy atom. The molecule has 0 N–H and O–H groups in total. The molecule has 0 aliphatic carbocycles. The van der Waals surface area contributed by atoms with Crippen molar-refractivity contribution >= 4 is 48.5 Å². The molecule has 0 radical (unpaired) electrons. The predicted octanol–water partition coefficient (Wildman–Crippen LogP) is 6.30. The normalized spacial score (nSPS) is 10.6. The van der Waals surface area contributed by atoms with Crippen LogP contribution in [0.4, 0.5) is 0 Å². The zero-order chi connectivity index (χ0) is 12.7. The molecule has 0 saturated heterocycles. The van der Waals surface area contributed by atoms with Crippen molar-refractivity contribution in [3.63, 3.8) is 0 Å². The summed E-state index contributed by atoms with van der Waals surface area (Å²) in [4.78, 5) is 0. The molecule has 4 aromatic rings. The molecule has 0 saturated carbocycles. The molecule has 0 aliphatic rings. The molecule has 1 heterocycles. The van der Waals surface area contributed by atoms with Crippen LogP contribution in [0.15, 0.2) is 72.8 Å². The molecule has 0 aliphatic heterocycles. The number of hydrogen-bond donors (Lipinski definition) is 0. The molecule has 0 bridgehead atoms. The maximum Gasteiger partial charge on any atom is 0.0361 e. The molecule has 3 aromatic carbocycles. The van der Waals surface area contributed by atoms with E-state index in [1.165, 1.54) is 31.3 Å². The van der Waals surface area contributed by atoms with Crippen LogP contribution >= 0.6 is 28.3 Å². The van der Waals surface area contributed by atoms with Gasteiger partial charge in [-0.15, -0.1) is 28.3 Å². The van der Waals surface area contributed by atoms with E-state index < -0.39 is 0 Å². The first-order chi connectivity index (χ1) is 9.43. The zero-order valence-corrected chi connectivity index (χ0v) is 13.3. The lowest BCUT2D eigenvalue weighted by Gasteiger charge is -2.04. The van der Waals surface area contributed by atoms with E-state index in [9.17, 15) is 0 Å². The number of halogens is 1. The SMILES string of the molecule is Br.c1ccc(-c2cccc3sc4ccccc4c23)cc1. The minimum atomic E-state index is 0. The van der Waals surface area contributed by atoms with Gasteiger partial charge in [0.25, 0.3) is 0 Å². The van der Waals surface area contributed by atoms with Crippen LogP contribution in [0.2, 0.25) is 0 Å². The highest BCUT2D eigenvalue weighted by atomic mass is 79.9. The summed E-state index contributed by atoms with van der Waals surface area (Å²) in [5, 5.41) is 2.75. The van der Waals surface area contributed by atoms with Gasteiger partial charge >= 0.3 is 0 Å². The van der Waals surface area contributed by atoms with Crippen molar-refractivity contribution in [2.45, 2.75) is 0 Å². The minimum absolute atomic E-state index is 0. The van der Waals surface area contributed by atoms with Crippen LogP contribution in [-0.2, 0) is 0 Å². The summed E-state index contributed by atoms with van der Waals surface area (Å²) in [6.45, 7) is 0. The number of thiophene rings is 1. The Morgan fingerprint density at radius 3 is 2.15 bits per heavy atom. The average Bonchev–Trinajstić information content (AvgIpc) is 2.86. The average molecular weight is 341 g/mol. The van der Waals surface area contributed by atoms with Gasteiger partial charge in [0.2, 0.25) is 0 Å². The third-order valence-corrected chi connectivity index (χ3v) is 4.62. The van der Waals surface area contributed by atoms with Crippen LogP contribution in [0.25, 0.3) is 31.3 Å². The second-order valence-electron chi connectivity index (χ2n) is 4.64. The molecule has 20 heavy (non-hydrogen) atoms. The number of rotatable bonds is 1. The molecule has 1 aromatic heterocycles. The topological polar surface area (TPSA) is 0 Å². The zero-order valence-electron chi connectivity index (χ0n) is 10.7. The van der Waals surface area contributed by atoms with Crippen LogP contribution in [0.1, 0.15) is 0 Å². The molecule has 0 unspecified atom stereocenters. The van der Waals surface area contributed by atoms with Crippen molar-refractivity contribution < 1.29 is 0 Å². The predicted molar refractivity (Wildman–Crippen MR) is 95.1 cm³/mol. The van der Waals surface area contributed by atoms with Gasteiger partial charge in [-0.1, -0.05) is 60.7 Å². The van der Waals surface area contributed by atoms with Crippen molar-refractivity contribution in [3.8, 4) is 11.1 Å². The Labute approximate surface area is 132 Å². The first kappa shape index (κ1) is 13.3. The Hall–Kier alpha value is -1.64. The Bertz CT molecular complexity index is 862. The maximum absolute atomic E-state index is 2.22. The highest BCUT2D eigenvalue weighted by molar-refractivity contribution is 8.93. The Balaban J connectivity index is 0.00000121. The molecule has 0 atom stereocenters. The van der Waals surface area contributed by atoms with E-state index in [2.05, 4.69) is 72.8 Å². The van der Waals surface area contributed by atoms with Crippen molar-refractivity contribution in [2.75, 3.05) is 0 Å². The van der Waals surface area contributed by atoms with Crippen LogP contribution < -0.4 is 0 Å². The van der Waals surface area contributed by atoms with E-state index in [-0.39, 0.29) is 17.0 Å². The summed E-state index contributed by atoms with van der Waals surface area (Å²) < 4.78 is 2.73. The fourth-order valence-corrected chi connectivity index (χ4v) is 3.77. The van der Waals surface area contributed by atoms with Gasteiger partial charge in [0.05, 0.1) is 0 Å². The number of fused-ring (bicyclic) bond motifs is 3. The Kier molecular flexibility index (Phi) is 3.60. The van der Waals surface area contributed by atoms with Crippen LogP contribution in [0, 0.1) is 0 Å². The fraction of sp³-hybridized carbons (Fsp3) is 0. The molecule has 0 spiro atoms. The van der Waals surface area contributed by atoms with Crippen LogP contribution in [-0.4, -0.2) is 0 Å². The quantitative estimate of drug-likeness (QED) is 0.381. The maximum atomic E-state index is 2.22. The lowest BCUT2D eigenvalue weighted by atomic mass is 10.00. The van der Waals surface area contributed by atoms with Gasteiger partial charge in [-0.2, -0.15) is 0 Å². The molecule has 0 nitrogen and oxygen atoms in total. The summed E-state index contributed by atoms with van der Waals surface area (Å²) in [5.41, 5.74) is 2.62.